The van der Waals surface area contributed by atoms with Crippen LogP contribution in [0.25, 0.3) is 0 Å². The summed E-state index contributed by atoms with van der Waals surface area (Å²) in [5.41, 5.74) is 16.7. The molecule has 0 fully saturated rings. The van der Waals surface area contributed by atoms with Crippen LogP contribution in [0.15, 0.2) is 24.3 Å². The van der Waals surface area contributed by atoms with Gasteiger partial charge in [0.1, 0.15) is 0 Å². The average Bonchev–Trinajstić information content (AvgIpc) is 3.01. The monoisotopic (exact) mass is 695 g/mol. The largest absolute Gasteiger partial charge is 2.00 e. The van der Waals surface area contributed by atoms with Crippen molar-refractivity contribution in [3.05, 3.63) is 57.6 Å². The molecule has 0 unspecified atom stereocenters. The predicted molar refractivity (Wildman–Crippen MR) is 191 cm³/mol. The zero-order valence-corrected chi connectivity index (χ0v) is 31.0. The molecule has 0 atom stereocenters. The number of nitrogens with two attached hydrogens (primary N) is 2. The van der Waals surface area contributed by atoms with E-state index in [-0.39, 0.29) is 27.9 Å². The van der Waals surface area contributed by atoms with Crippen molar-refractivity contribution in [1.82, 2.24) is 0 Å². The number of hydrogen-bond donors (Lipinski definition) is 2. The van der Waals surface area contributed by atoms with Crippen LogP contribution in [0.5, 0.6) is 0 Å². The molecule has 2 aromatic carbocycles. The molecule has 0 saturated heterocycles. The van der Waals surface area contributed by atoms with Gasteiger partial charge < -0.3 is 31.3 Å². The topological polar surface area (TPSA) is 132 Å². The molecule has 1 radical (unpaired) electrons. The Bertz CT molecular complexity index is 1060. The van der Waals surface area contributed by atoms with E-state index in [1.54, 1.807) is 12.1 Å². The number of benzene rings is 2. The van der Waals surface area contributed by atoms with E-state index in [1.165, 1.54) is 116 Å². The van der Waals surface area contributed by atoms with Gasteiger partial charge in [0.05, 0.1) is 11.9 Å². The second-order valence-electron chi connectivity index (χ2n) is 13.2. The van der Waals surface area contributed by atoms with Crippen LogP contribution in [-0.2, 0) is 29.6 Å². The first kappa shape index (κ1) is 44.5. The Kier molecular flexibility index (Phi) is 26.0. The number of nitrogen functional groups attached to an aromatic ring is 2. The third kappa shape index (κ3) is 19.8. The third-order valence-corrected chi connectivity index (χ3v) is 8.86. The molecule has 0 aliphatic rings. The number of anilines is 2. The summed E-state index contributed by atoms with van der Waals surface area (Å²) in [7, 11) is 0. The van der Waals surface area contributed by atoms with E-state index in [9.17, 15) is 19.8 Å². The Morgan fingerprint density at radius 2 is 0.745 bits per heavy atom. The molecular formula is C40H64CoN2O4. The van der Waals surface area contributed by atoms with E-state index in [2.05, 4.69) is 13.8 Å². The van der Waals surface area contributed by atoms with E-state index in [4.69, 9.17) is 11.5 Å². The Balaban J connectivity index is 0.000000882. The number of carbonyl (C=O) groups excluding carboxylic acids is 2. The fourth-order valence-corrected chi connectivity index (χ4v) is 6.10. The van der Waals surface area contributed by atoms with Gasteiger partial charge in [0.2, 0.25) is 0 Å². The van der Waals surface area contributed by atoms with Crippen molar-refractivity contribution in [2.75, 3.05) is 11.5 Å². The maximum atomic E-state index is 11.1. The first-order valence-corrected chi connectivity index (χ1v) is 18.3. The van der Waals surface area contributed by atoms with Crippen LogP contribution >= 0.6 is 0 Å². The fraction of sp³-hybridized carbons (Fsp3) is 0.650. The predicted octanol–water partition coefficient (Wildman–Crippen LogP) is 8.81. The molecule has 2 aromatic rings. The summed E-state index contributed by atoms with van der Waals surface area (Å²) >= 11 is 0. The third-order valence-electron chi connectivity index (χ3n) is 8.86. The van der Waals surface area contributed by atoms with E-state index >= 15 is 0 Å². The molecule has 0 heterocycles. The Hall–Kier alpha value is -2.51. The summed E-state index contributed by atoms with van der Waals surface area (Å²) in [5, 5.41) is 22.2. The van der Waals surface area contributed by atoms with Crippen molar-refractivity contribution in [2.24, 2.45) is 0 Å². The van der Waals surface area contributed by atoms with E-state index in [1.807, 2.05) is 26.0 Å². The molecule has 47 heavy (non-hydrogen) atoms. The number of aromatic carboxylic acids is 2. The number of carbonyl (C=O) groups is 2. The first-order chi connectivity index (χ1) is 22.1. The maximum Gasteiger partial charge on any atom is 2.00 e. The van der Waals surface area contributed by atoms with Gasteiger partial charge in [-0.3, -0.25) is 0 Å². The number of carboxylic acids is 2. The Morgan fingerprint density at radius 1 is 0.489 bits per heavy atom. The maximum absolute atomic E-state index is 11.1. The molecule has 0 bridgehead atoms. The van der Waals surface area contributed by atoms with Crippen LogP contribution in [0.2, 0.25) is 0 Å². The minimum Gasteiger partial charge on any atom is -0.545 e. The van der Waals surface area contributed by atoms with Gasteiger partial charge in [-0.05, 0) is 62.8 Å². The normalized spacial score (nSPS) is 10.6. The van der Waals surface area contributed by atoms with Crippen molar-refractivity contribution in [3.8, 4) is 0 Å². The molecule has 7 heteroatoms. The van der Waals surface area contributed by atoms with Gasteiger partial charge >= 0.3 is 16.8 Å². The molecule has 0 amide bonds. The van der Waals surface area contributed by atoms with Gasteiger partial charge in [0.25, 0.3) is 0 Å². The van der Waals surface area contributed by atoms with Crippen LogP contribution in [0.3, 0.4) is 0 Å². The number of carboxylic acid groups (broad SMARTS) is 2. The van der Waals surface area contributed by atoms with E-state index in [0.717, 1.165) is 47.9 Å². The van der Waals surface area contributed by atoms with Crippen molar-refractivity contribution in [1.29, 1.82) is 0 Å². The summed E-state index contributed by atoms with van der Waals surface area (Å²) in [6, 6.07) is 7.17. The number of hydrogen-bond acceptors (Lipinski definition) is 6. The van der Waals surface area contributed by atoms with Crippen LogP contribution in [0.4, 0.5) is 11.4 Å². The standard InChI is InChI=1S/2C20H33NO2.Co/c2*1-3-4-5-6-7-8-9-10-11-12-13-17-14-16(2)15-18(19(17)21)20(22)23;/h2*14-15H,3-13,21H2,1-2H3,(H,22,23);/q;;+2/p-2. The Morgan fingerprint density at radius 3 is 1.00 bits per heavy atom. The first-order valence-electron chi connectivity index (χ1n) is 18.3. The van der Waals surface area contributed by atoms with Gasteiger partial charge in [-0.25, -0.2) is 0 Å². The molecule has 0 saturated carbocycles. The molecule has 0 aromatic heterocycles. The molecule has 267 valence electrons. The summed E-state index contributed by atoms with van der Waals surface area (Å²) < 4.78 is 0. The average molecular weight is 696 g/mol. The molecule has 0 aliphatic carbocycles. The van der Waals surface area contributed by atoms with Gasteiger partial charge in [0, 0.05) is 22.5 Å². The summed E-state index contributed by atoms with van der Waals surface area (Å²) in [4.78, 5) is 22.2. The van der Waals surface area contributed by atoms with Crippen molar-refractivity contribution in [2.45, 2.75) is 169 Å². The molecule has 4 N–H and O–H groups in total. The van der Waals surface area contributed by atoms with Gasteiger partial charge in [-0.2, -0.15) is 0 Å². The molecule has 6 nitrogen and oxygen atoms in total. The van der Waals surface area contributed by atoms with Crippen LogP contribution < -0.4 is 21.7 Å². The molecule has 2 rings (SSSR count). The summed E-state index contributed by atoms with van der Waals surface area (Å²) in [6.45, 7) is 8.29. The number of aryl methyl sites for hydroxylation is 4. The molecule has 0 spiro atoms. The quantitative estimate of drug-likeness (QED) is 0.0833. The second kappa shape index (κ2) is 27.4. The van der Waals surface area contributed by atoms with Crippen LogP contribution in [0.1, 0.15) is 185 Å². The minimum atomic E-state index is -1.18. The number of rotatable bonds is 24. The smallest absolute Gasteiger partial charge is 0.545 e. The van der Waals surface area contributed by atoms with Gasteiger partial charge in [0.15, 0.2) is 0 Å². The van der Waals surface area contributed by atoms with Crippen LogP contribution in [-0.4, -0.2) is 11.9 Å². The zero-order valence-electron chi connectivity index (χ0n) is 30.0. The minimum absolute atomic E-state index is 0. The fourth-order valence-electron chi connectivity index (χ4n) is 6.10. The van der Waals surface area contributed by atoms with Gasteiger partial charge in [-0.1, -0.05) is 153 Å². The van der Waals surface area contributed by atoms with Gasteiger partial charge in [-0.15, -0.1) is 0 Å². The zero-order chi connectivity index (χ0) is 34.2. The SMILES string of the molecule is CCCCCCCCCCCCc1cc(C)cc(C(=O)[O-])c1N.CCCCCCCCCCCCc1cc(C)cc(C(=O)[O-])c1N.[Co+2]. The summed E-state index contributed by atoms with van der Waals surface area (Å²) in [5.74, 6) is -2.37. The van der Waals surface area contributed by atoms with Crippen LogP contribution in [0, 0.1) is 13.8 Å². The van der Waals surface area contributed by atoms with Crippen molar-refractivity contribution < 1.29 is 36.6 Å². The van der Waals surface area contributed by atoms with Crippen molar-refractivity contribution in [3.63, 3.8) is 0 Å². The molecule has 0 aliphatic heterocycles. The van der Waals surface area contributed by atoms with E-state index in [0.29, 0.717) is 11.4 Å². The summed E-state index contributed by atoms with van der Waals surface area (Å²) in [6.07, 6.45) is 27.6. The van der Waals surface area contributed by atoms with Crippen molar-refractivity contribution >= 4 is 23.3 Å². The second-order valence-corrected chi connectivity index (χ2v) is 13.2. The molecular weight excluding hydrogens is 631 g/mol. The number of unbranched alkanes of at least 4 members (excludes halogenated alkanes) is 18. The Labute approximate surface area is 297 Å². The van der Waals surface area contributed by atoms with E-state index < -0.39 is 11.9 Å².